The van der Waals surface area contributed by atoms with E-state index >= 15 is 0 Å². The van der Waals surface area contributed by atoms with Crippen LogP contribution in [0.4, 0.5) is 5.69 Å². The minimum absolute atomic E-state index is 0.172. The van der Waals surface area contributed by atoms with Gasteiger partial charge >= 0.3 is 0 Å². The molecule has 3 heterocycles. The van der Waals surface area contributed by atoms with Crippen LogP contribution in [-0.2, 0) is 11.3 Å². The lowest BCUT2D eigenvalue weighted by atomic mass is 9.95. The molecule has 5 rings (SSSR count). The standard InChI is InChI=1S/C29H29N5O2S/c1-6-33-20(5)22(18(3)32-33)16-24-28(36)34-26(21-13-8-7-9-14-21)25(19(4)30-29(34)37-24)27(35)31-23-15-11-10-12-17(23)2/h7-16,26H,6H2,1-5H3,(H,31,35)/b24-16+. The highest BCUT2D eigenvalue weighted by Crippen LogP contribution is 2.31. The van der Waals surface area contributed by atoms with Gasteiger partial charge in [0.05, 0.1) is 27.5 Å². The van der Waals surface area contributed by atoms with E-state index < -0.39 is 6.04 Å². The molecule has 8 heteroatoms. The van der Waals surface area contributed by atoms with Crippen LogP contribution < -0.4 is 20.2 Å². The van der Waals surface area contributed by atoms with Gasteiger partial charge in [0.25, 0.3) is 11.5 Å². The zero-order valence-corrected chi connectivity index (χ0v) is 22.4. The molecule has 7 nitrogen and oxygen atoms in total. The second-order valence-electron chi connectivity index (χ2n) is 9.16. The number of fused-ring (bicyclic) bond motifs is 1. The van der Waals surface area contributed by atoms with Crippen molar-refractivity contribution in [2.24, 2.45) is 4.99 Å². The zero-order chi connectivity index (χ0) is 26.3. The molecule has 0 saturated carbocycles. The molecule has 1 N–H and O–H groups in total. The second kappa shape index (κ2) is 9.78. The minimum atomic E-state index is -0.593. The Balaban J connectivity index is 1.68. The summed E-state index contributed by atoms with van der Waals surface area (Å²) in [5.74, 6) is -0.269. The van der Waals surface area contributed by atoms with Gasteiger partial charge in [-0.15, -0.1) is 0 Å². The normalized spacial score (nSPS) is 15.5. The van der Waals surface area contributed by atoms with Crippen LogP contribution in [0.3, 0.4) is 0 Å². The van der Waals surface area contributed by atoms with Crippen LogP contribution in [0.15, 0.2) is 75.7 Å². The number of anilines is 1. The van der Waals surface area contributed by atoms with Gasteiger partial charge in [-0.1, -0.05) is 59.9 Å². The number of hydrogen-bond donors (Lipinski definition) is 1. The Labute approximate surface area is 219 Å². The van der Waals surface area contributed by atoms with E-state index in [1.807, 2.05) is 100.0 Å². The number of aryl methyl sites for hydroxylation is 3. The molecule has 1 amide bonds. The summed E-state index contributed by atoms with van der Waals surface area (Å²) in [6.45, 7) is 10.5. The predicted molar refractivity (Wildman–Crippen MR) is 147 cm³/mol. The number of nitrogens with zero attached hydrogens (tertiary/aromatic N) is 4. The predicted octanol–water partition coefficient (Wildman–Crippen LogP) is 4.02. The van der Waals surface area contributed by atoms with Crippen molar-refractivity contribution in [2.45, 2.75) is 47.2 Å². The maximum atomic E-state index is 13.9. The number of carbonyl (C=O) groups is 1. The van der Waals surface area contributed by atoms with Gasteiger partial charge in [0.1, 0.15) is 0 Å². The van der Waals surface area contributed by atoms with Gasteiger partial charge in [0.15, 0.2) is 4.80 Å². The molecule has 2 aromatic carbocycles. The maximum absolute atomic E-state index is 13.9. The van der Waals surface area contributed by atoms with Crippen LogP contribution in [0.5, 0.6) is 0 Å². The van der Waals surface area contributed by atoms with Gasteiger partial charge < -0.3 is 5.32 Å². The van der Waals surface area contributed by atoms with Crippen molar-refractivity contribution < 1.29 is 4.79 Å². The number of amides is 1. The van der Waals surface area contributed by atoms with Crippen LogP contribution in [0, 0.1) is 20.8 Å². The van der Waals surface area contributed by atoms with Crippen LogP contribution in [0.2, 0.25) is 0 Å². The lowest BCUT2D eigenvalue weighted by Crippen LogP contribution is -2.40. The fourth-order valence-electron chi connectivity index (χ4n) is 4.82. The van der Waals surface area contributed by atoms with Crippen molar-refractivity contribution in [3.8, 4) is 0 Å². The Morgan fingerprint density at radius 3 is 2.43 bits per heavy atom. The third-order valence-electron chi connectivity index (χ3n) is 6.79. The summed E-state index contributed by atoms with van der Waals surface area (Å²) >= 11 is 1.34. The topological polar surface area (TPSA) is 81.3 Å². The van der Waals surface area contributed by atoms with Crippen molar-refractivity contribution >= 4 is 29.0 Å². The molecule has 0 radical (unpaired) electrons. The second-order valence-corrected chi connectivity index (χ2v) is 10.2. The number of aromatic nitrogens is 3. The van der Waals surface area contributed by atoms with Crippen LogP contribution in [0.1, 0.15) is 48.0 Å². The van der Waals surface area contributed by atoms with Crippen molar-refractivity contribution in [2.75, 3.05) is 5.32 Å². The molecule has 1 aliphatic rings. The first-order valence-corrected chi connectivity index (χ1v) is 13.1. The third kappa shape index (κ3) is 4.38. The summed E-state index contributed by atoms with van der Waals surface area (Å²) in [6.07, 6.45) is 1.90. The first-order valence-electron chi connectivity index (χ1n) is 12.3. The van der Waals surface area contributed by atoms with E-state index in [-0.39, 0.29) is 11.5 Å². The van der Waals surface area contributed by atoms with Gasteiger partial charge in [0, 0.05) is 23.5 Å². The van der Waals surface area contributed by atoms with Gasteiger partial charge in [-0.2, -0.15) is 5.10 Å². The summed E-state index contributed by atoms with van der Waals surface area (Å²) in [4.78, 5) is 32.9. The zero-order valence-electron chi connectivity index (χ0n) is 21.6. The fourth-order valence-corrected chi connectivity index (χ4v) is 5.85. The first-order chi connectivity index (χ1) is 17.8. The summed E-state index contributed by atoms with van der Waals surface area (Å²) in [5.41, 5.74) is 6.26. The SMILES string of the molecule is CCn1nc(C)c(/C=c2/sc3n(c2=O)C(c2ccccc2)C(C(=O)Nc2ccccc2C)=C(C)N=3)c1C. The molecular formula is C29H29N5O2S. The maximum Gasteiger partial charge on any atom is 0.271 e. The third-order valence-corrected chi connectivity index (χ3v) is 7.77. The lowest BCUT2D eigenvalue weighted by Gasteiger charge is -2.25. The highest BCUT2D eigenvalue weighted by atomic mass is 32.1. The first kappa shape index (κ1) is 24.6. The molecule has 0 bridgehead atoms. The highest BCUT2D eigenvalue weighted by Gasteiger charge is 2.32. The fraction of sp³-hybridized carbons (Fsp3) is 0.241. The van der Waals surface area contributed by atoms with Crippen LogP contribution in [-0.4, -0.2) is 20.3 Å². The molecule has 1 atom stereocenters. The number of nitrogens with one attached hydrogen (secondary N) is 1. The van der Waals surface area contributed by atoms with Crippen LogP contribution >= 0.6 is 11.3 Å². The molecular weight excluding hydrogens is 482 g/mol. The molecule has 4 aromatic rings. The molecule has 2 aromatic heterocycles. The number of carbonyl (C=O) groups excluding carboxylic acids is 1. The molecule has 0 spiro atoms. The summed E-state index contributed by atoms with van der Waals surface area (Å²) in [6, 6.07) is 16.7. The molecule has 37 heavy (non-hydrogen) atoms. The number of thiazole rings is 1. The van der Waals surface area contributed by atoms with Gasteiger partial charge in [-0.25, -0.2) is 4.99 Å². The number of para-hydroxylation sites is 1. The Kier molecular flexibility index (Phi) is 6.52. The van der Waals surface area contributed by atoms with E-state index in [2.05, 4.69) is 10.4 Å². The average molecular weight is 512 g/mol. The van der Waals surface area contributed by atoms with E-state index in [4.69, 9.17) is 4.99 Å². The van der Waals surface area contributed by atoms with Crippen molar-refractivity contribution in [1.29, 1.82) is 0 Å². The molecule has 188 valence electrons. The van der Waals surface area contributed by atoms with Crippen molar-refractivity contribution in [3.63, 3.8) is 0 Å². The van der Waals surface area contributed by atoms with E-state index in [0.717, 1.165) is 40.3 Å². The van der Waals surface area contributed by atoms with Gasteiger partial charge in [0.2, 0.25) is 0 Å². The molecule has 1 unspecified atom stereocenters. The van der Waals surface area contributed by atoms with E-state index in [1.54, 1.807) is 4.57 Å². The monoisotopic (exact) mass is 511 g/mol. The van der Waals surface area contributed by atoms with Crippen LogP contribution in [0.25, 0.3) is 6.08 Å². The number of allylic oxidation sites excluding steroid dienone is 1. The molecule has 0 aliphatic carbocycles. The van der Waals surface area contributed by atoms with E-state index in [0.29, 0.717) is 20.6 Å². The Morgan fingerprint density at radius 1 is 1.05 bits per heavy atom. The lowest BCUT2D eigenvalue weighted by molar-refractivity contribution is -0.113. The Bertz CT molecular complexity index is 1720. The average Bonchev–Trinajstić information content (AvgIpc) is 3.34. The highest BCUT2D eigenvalue weighted by molar-refractivity contribution is 7.07. The number of hydrogen-bond acceptors (Lipinski definition) is 5. The van der Waals surface area contributed by atoms with Crippen molar-refractivity contribution in [1.82, 2.24) is 14.3 Å². The van der Waals surface area contributed by atoms with Crippen molar-refractivity contribution in [3.05, 3.63) is 114 Å². The number of benzene rings is 2. The minimum Gasteiger partial charge on any atom is -0.322 e. The Hall–Kier alpha value is -4.04. The largest absolute Gasteiger partial charge is 0.322 e. The van der Waals surface area contributed by atoms with E-state index in [1.165, 1.54) is 11.3 Å². The smallest absolute Gasteiger partial charge is 0.271 e. The molecule has 0 fully saturated rings. The number of rotatable bonds is 5. The van der Waals surface area contributed by atoms with E-state index in [9.17, 15) is 9.59 Å². The van der Waals surface area contributed by atoms with Gasteiger partial charge in [-0.05, 0) is 57.9 Å². The Morgan fingerprint density at radius 2 is 1.76 bits per heavy atom. The quantitative estimate of drug-likeness (QED) is 0.440. The summed E-state index contributed by atoms with van der Waals surface area (Å²) < 4.78 is 4.15. The molecule has 0 saturated heterocycles. The molecule has 1 aliphatic heterocycles. The van der Waals surface area contributed by atoms with Gasteiger partial charge in [-0.3, -0.25) is 18.8 Å². The summed E-state index contributed by atoms with van der Waals surface area (Å²) in [5, 5.41) is 7.63. The summed E-state index contributed by atoms with van der Waals surface area (Å²) in [7, 11) is 0.